The highest BCUT2D eigenvalue weighted by Gasteiger charge is 2.50. The fourth-order valence-corrected chi connectivity index (χ4v) is 5.82. The lowest BCUT2D eigenvalue weighted by Gasteiger charge is -2.57. The Kier molecular flexibility index (Phi) is 4.13. The quantitative estimate of drug-likeness (QED) is 0.788. The molecule has 1 aliphatic heterocycles. The van der Waals surface area contributed by atoms with Crippen LogP contribution in [0.15, 0.2) is 0 Å². The second-order valence-corrected chi connectivity index (χ2v) is 7.62. The van der Waals surface area contributed by atoms with Crippen molar-refractivity contribution in [2.24, 2.45) is 23.2 Å². The highest BCUT2D eigenvalue weighted by molar-refractivity contribution is 5.85. The normalized spacial score (nSPS) is 45.2. The van der Waals surface area contributed by atoms with Gasteiger partial charge >= 0.3 is 0 Å². The van der Waals surface area contributed by atoms with E-state index in [2.05, 4.69) is 4.90 Å². The average molecular weight is 286 g/mol. The van der Waals surface area contributed by atoms with Gasteiger partial charge < -0.3 is 4.74 Å². The zero-order valence-corrected chi connectivity index (χ0v) is 12.8. The van der Waals surface area contributed by atoms with Crippen LogP contribution in [0.2, 0.25) is 0 Å². The standard InChI is InChI=1S/C16H27NO.ClH/c1(2-17-3-5-18-6-4-17)16-10-13-7-14(11-16)9-15(8-13)12-16;/h13-15H,1-12H2;1H. The van der Waals surface area contributed by atoms with Crippen molar-refractivity contribution in [2.45, 2.75) is 44.9 Å². The lowest BCUT2D eigenvalue weighted by atomic mass is 9.49. The number of hydrogen-bond donors (Lipinski definition) is 0. The van der Waals surface area contributed by atoms with Gasteiger partial charge in [-0.1, -0.05) is 0 Å². The van der Waals surface area contributed by atoms with Crippen LogP contribution in [0, 0.1) is 23.2 Å². The van der Waals surface area contributed by atoms with Crippen LogP contribution in [0.5, 0.6) is 0 Å². The molecule has 5 rings (SSSR count). The molecule has 0 N–H and O–H groups in total. The lowest BCUT2D eigenvalue weighted by molar-refractivity contribution is -0.0647. The minimum atomic E-state index is 0. The molecule has 4 saturated carbocycles. The Morgan fingerprint density at radius 3 is 1.95 bits per heavy atom. The number of nitrogens with zero attached hydrogens (tertiary/aromatic N) is 1. The number of hydrogen-bond acceptors (Lipinski definition) is 2. The van der Waals surface area contributed by atoms with Crippen molar-refractivity contribution in [1.29, 1.82) is 0 Å². The molecule has 3 heteroatoms. The van der Waals surface area contributed by atoms with Gasteiger partial charge in [-0.05, 0) is 74.7 Å². The van der Waals surface area contributed by atoms with Crippen molar-refractivity contribution in [3.63, 3.8) is 0 Å². The monoisotopic (exact) mass is 285 g/mol. The van der Waals surface area contributed by atoms with Crippen LogP contribution in [-0.4, -0.2) is 37.7 Å². The molecular weight excluding hydrogens is 258 g/mol. The molecule has 0 radical (unpaired) electrons. The third kappa shape index (κ3) is 2.82. The maximum Gasteiger partial charge on any atom is 0.0594 e. The molecule has 4 aliphatic carbocycles. The van der Waals surface area contributed by atoms with Crippen LogP contribution in [-0.2, 0) is 4.74 Å². The van der Waals surface area contributed by atoms with Crippen molar-refractivity contribution in [3.8, 4) is 0 Å². The largest absolute Gasteiger partial charge is 0.379 e. The predicted octanol–water partition coefficient (Wildman–Crippen LogP) is 3.35. The first-order chi connectivity index (χ1) is 8.81. The van der Waals surface area contributed by atoms with Gasteiger partial charge in [-0.15, -0.1) is 12.4 Å². The molecule has 0 unspecified atom stereocenters. The molecule has 0 aromatic heterocycles. The van der Waals surface area contributed by atoms with Gasteiger partial charge in [0.2, 0.25) is 0 Å². The SMILES string of the molecule is C1CN(CCC23CC4CC(CC(C4)C2)C3)CCO1.Cl. The molecule has 110 valence electrons. The Morgan fingerprint density at radius 2 is 1.42 bits per heavy atom. The fraction of sp³-hybridized carbons (Fsp3) is 1.00. The summed E-state index contributed by atoms with van der Waals surface area (Å²) in [7, 11) is 0. The minimum Gasteiger partial charge on any atom is -0.379 e. The van der Waals surface area contributed by atoms with E-state index in [0.717, 1.165) is 36.4 Å². The molecule has 1 heterocycles. The molecule has 19 heavy (non-hydrogen) atoms. The van der Waals surface area contributed by atoms with Crippen LogP contribution < -0.4 is 0 Å². The van der Waals surface area contributed by atoms with Crippen LogP contribution >= 0.6 is 12.4 Å². The maximum atomic E-state index is 5.45. The summed E-state index contributed by atoms with van der Waals surface area (Å²) < 4.78 is 5.45. The third-order valence-corrected chi connectivity index (χ3v) is 6.23. The first-order valence-corrected chi connectivity index (χ1v) is 8.11. The predicted molar refractivity (Wildman–Crippen MR) is 79.7 cm³/mol. The van der Waals surface area contributed by atoms with Gasteiger partial charge in [0, 0.05) is 13.1 Å². The van der Waals surface area contributed by atoms with Crippen molar-refractivity contribution in [3.05, 3.63) is 0 Å². The highest BCUT2D eigenvalue weighted by atomic mass is 35.5. The van der Waals surface area contributed by atoms with E-state index in [1.807, 2.05) is 0 Å². The van der Waals surface area contributed by atoms with E-state index in [1.54, 1.807) is 38.5 Å². The molecule has 1 saturated heterocycles. The van der Waals surface area contributed by atoms with Gasteiger partial charge in [0.05, 0.1) is 13.2 Å². The molecule has 0 spiro atoms. The van der Waals surface area contributed by atoms with Gasteiger partial charge in [0.25, 0.3) is 0 Å². The third-order valence-electron chi connectivity index (χ3n) is 6.23. The van der Waals surface area contributed by atoms with E-state index in [0.29, 0.717) is 0 Å². The van der Waals surface area contributed by atoms with Crippen LogP contribution in [0.3, 0.4) is 0 Å². The molecule has 5 fully saturated rings. The van der Waals surface area contributed by atoms with E-state index in [-0.39, 0.29) is 12.4 Å². The van der Waals surface area contributed by atoms with Crippen molar-refractivity contribution >= 4 is 12.4 Å². The summed E-state index contributed by atoms with van der Waals surface area (Å²) in [4.78, 5) is 2.64. The summed E-state index contributed by atoms with van der Waals surface area (Å²) in [6.07, 6.45) is 10.9. The molecule has 0 aromatic carbocycles. The van der Waals surface area contributed by atoms with Crippen molar-refractivity contribution in [1.82, 2.24) is 4.90 Å². The Bertz CT molecular complexity index is 279. The lowest BCUT2D eigenvalue weighted by Crippen LogP contribution is -2.48. The summed E-state index contributed by atoms with van der Waals surface area (Å²) in [6.45, 7) is 5.61. The Hall–Kier alpha value is 0.210. The molecule has 0 amide bonds. The molecule has 2 nitrogen and oxygen atoms in total. The number of rotatable bonds is 3. The Balaban J connectivity index is 0.00000110. The fourth-order valence-electron chi connectivity index (χ4n) is 5.82. The molecule has 0 aromatic rings. The van der Waals surface area contributed by atoms with Gasteiger partial charge in [-0.2, -0.15) is 0 Å². The smallest absolute Gasteiger partial charge is 0.0594 e. The second-order valence-electron chi connectivity index (χ2n) is 7.62. The Labute approximate surface area is 123 Å². The van der Waals surface area contributed by atoms with E-state index >= 15 is 0 Å². The van der Waals surface area contributed by atoms with Gasteiger partial charge in [0.1, 0.15) is 0 Å². The summed E-state index contributed by atoms with van der Waals surface area (Å²) in [6, 6.07) is 0. The first-order valence-electron chi connectivity index (χ1n) is 8.11. The van der Waals surface area contributed by atoms with Gasteiger partial charge in [0.15, 0.2) is 0 Å². The van der Waals surface area contributed by atoms with E-state index in [1.165, 1.54) is 26.1 Å². The van der Waals surface area contributed by atoms with Crippen LogP contribution in [0.25, 0.3) is 0 Å². The summed E-state index contributed by atoms with van der Waals surface area (Å²) in [5, 5.41) is 0. The molecule has 4 bridgehead atoms. The molecule has 0 atom stereocenters. The van der Waals surface area contributed by atoms with E-state index < -0.39 is 0 Å². The second kappa shape index (κ2) is 5.54. The van der Waals surface area contributed by atoms with Crippen molar-refractivity contribution < 1.29 is 4.74 Å². The van der Waals surface area contributed by atoms with Gasteiger partial charge in [-0.3, -0.25) is 4.90 Å². The van der Waals surface area contributed by atoms with Gasteiger partial charge in [-0.25, -0.2) is 0 Å². The summed E-state index contributed by atoms with van der Waals surface area (Å²) in [5.41, 5.74) is 0.771. The summed E-state index contributed by atoms with van der Waals surface area (Å²) in [5.74, 6) is 3.34. The maximum absolute atomic E-state index is 5.45. The van der Waals surface area contributed by atoms with E-state index in [4.69, 9.17) is 4.74 Å². The zero-order chi connectivity index (χ0) is 12.0. The van der Waals surface area contributed by atoms with Crippen LogP contribution in [0.1, 0.15) is 44.9 Å². The van der Waals surface area contributed by atoms with Crippen LogP contribution in [0.4, 0.5) is 0 Å². The Morgan fingerprint density at radius 1 is 0.895 bits per heavy atom. The number of morpholine rings is 1. The summed E-state index contributed by atoms with van der Waals surface area (Å²) >= 11 is 0. The molecular formula is C16H28ClNO. The average Bonchev–Trinajstić information content (AvgIpc) is 2.36. The number of halogens is 1. The highest BCUT2D eigenvalue weighted by Crippen LogP contribution is 2.61. The number of ether oxygens (including phenoxy) is 1. The first kappa shape index (κ1) is 14.2. The van der Waals surface area contributed by atoms with Crippen molar-refractivity contribution in [2.75, 3.05) is 32.8 Å². The topological polar surface area (TPSA) is 12.5 Å². The molecule has 5 aliphatic rings. The zero-order valence-electron chi connectivity index (χ0n) is 12.0. The van der Waals surface area contributed by atoms with E-state index in [9.17, 15) is 0 Å². The minimum absolute atomic E-state index is 0.